The molecule has 9 nitrogen and oxygen atoms in total. The van der Waals surface area contributed by atoms with Gasteiger partial charge in [0.15, 0.2) is 0 Å². The Labute approximate surface area is 180 Å². The molecule has 31 heavy (non-hydrogen) atoms. The van der Waals surface area contributed by atoms with Crippen LogP contribution in [-0.4, -0.2) is 65.1 Å². The molecule has 1 fully saturated rings. The van der Waals surface area contributed by atoms with Crippen molar-refractivity contribution in [3.8, 4) is 11.6 Å². The Bertz CT molecular complexity index is 890. The van der Waals surface area contributed by atoms with Crippen molar-refractivity contribution in [3.05, 3.63) is 35.9 Å². The number of likely N-dealkylation sites (tertiary alicyclic amines) is 1. The number of nitrogens with zero attached hydrogens (tertiary/aromatic N) is 3. The van der Waals surface area contributed by atoms with Gasteiger partial charge in [-0.15, -0.1) is 0 Å². The van der Waals surface area contributed by atoms with Crippen LogP contribution in [-0.2, 0) is 4.74 Å². The fourth-order valence-corrected chi connectivity index (χ4v) is 3.18. The van der Waals surface area contributed by atoms with Gasteiger partial charge in [-0.25, -0.2) is 19.2 Å². The predicted molar refractivity (Wildman–Crippen MR) is 112 cm³/mol. The number of ether oxygens (including phenoxy) is 3. The molecular formula is C21H27FN4O5. The summed E-state index contributed by atoms with van der Waals surface area (Å²) in [6.07, 6.45) is 1.45. The Morgan fingerprint density at radius 2 is 2.06 bits per heavy atom. The molecule has 1 aromatic heterocycles. The number of carbonyl (C=O) groups is 1. The van der Waals surface area contributed by atoms with Gasteiger partial charge < -0.3 is 29.5 Å². The number of amides is 1. The van der Waals surface area contributed by atoms with E-state index in [9.17, 15) is 9.18 Å². The van der Waals surface area contributed by atoms with E-state index in [4.69, 9.17) is 19.3 Å². The third-order valence-electron chi connectivity index (χ3n) is 4.92. The molecule has 0 aliphatic carbocycles. The minimum Gasteiger partial charge on any atom is -0.491 e. The van der Waals surface area contributed by atoms with Crippen molar-refractivity contribution in [2.75, 3.05) is 38.2 Å². The van der Waals surface area contributed by atoms with E-state index in [1.807, 2.05) is 6.92 Å². The van der Waals surface area contributed by atoms with Crippen LogP contribution in [0.1, 0.15) is 25.3 Å². The summed E-state index contributed by atoms with van der Waals surface area (Å²) in [6, 6.07) is 4.55. The average Bonchev–Trinajstić information content (AvgIpc) is 2.76. The molecule has 1 aliphatic heterocycles. The van der Waals surface area contributed by atoms with E-state index in [-0.39, 0.29) is 11.8 Å². The Hall–Kier alpha value is -3.14. The van der Waals surface area contributed by atoms with Gasteiger partial charge in [0, 0.05) is 38.6 Å². The molecule has 2 heterocycles. The molecule has 0 saturated carbocycles. The topological polar surface area (TPSA) is 106 Å². The second-order valence-corrected chi connectivity index (χ2v) is 7.05. The molecule has 168 valence electrons. The first-order valence-electron chi connectivity index (χ1n) is 10.2. The first-order chi connectivity index (χ1) is 15.0. The van der Waals surface area contributed by atoms with Crippen molar-refractivity contribution < 1.29 is 28.5 Å². The van der Waals surface area contributed by atoms with Crippen LogP contribution in [0.4, 0.5) is 20.7 Å². The van der Waals surface area contributed by atoms with Crippen molar-refractivity contribution in [3.63, 3.8) is 0 Å². The van der Waals surface area contributed by atoms with E-state index in [0.717, 1.165) is 0 Å². The maximum absolute atomic E-state index is 14.5. The minimum atomic E-state index is -0.920. The number of hydrogen-bond donors (Lipinski definition) is 2. The van der Waals surface area contributed by atoms with Crippen LogP contribution in [0.15, 0.2) is 24.5 Å². The van der Waals surface area contributed by atoms with Gasteiger partial charge in [-0.05, 0) is 26.0 Å². The third-order valence-corrected chi connectivity index (χ3v) is 4.92. The van der Waals surface area contributed by atoms with Crippen molar-refractivity contribution in [2.24, 2.45) is 0 Å². The molecule has 2 aromatic rings. The fourth-order valence-electron chi connectivity index (χ4n) is 3.18. The molecule has 0 bridgehead atoms. The number of carboxylic acid groups (broad SMARTS) is 1. The van der Waals surface area contributed by atoms with Crippen molar-refractivity contribution in [1.82, 2.24) is 14.9 Å². The number of nitrogens with one attached hydrogen (secondary N) is 1. The number of rotatable bonds is 9. The van der Waals surface area contributed by atoms with Gasteiger partial charge in [-0.1, -0.05) is 0 Å². The second kappa shape index (κ2) is 10.8. The Morgan fingerprint density at radius 1 is 1.29 bits per heavy atom. The van der Waals surface area contributed by atoms with Gasteiger partial charge >= 0.3 is 6.09 Å². The monoisotopic (exact) mass is 434 g/mol. The summed E-state index contributed by atoms with van der Waals surface area (Å²) in [4.78, 5) is 20.8. The standard InChI is InChI=1S/C21H27FN4O5/c1-3-29-10-11-30-16-4-5-18(17(22)12-16)25-19-14(2)20(24-13-23-19)31-15-6-8-26(9-7-15)21(27)28/h4-5,12-13,15H,3,6-11H2,1-2H3,(H,27,28)(H,23,24,25). The zero-order valence-electron chi connectivity index (χ0n) is 17.6. The lowest BCUT2D eigenvalue weighted by molar-refractivity contribution is 0.0866. The number of piperidine rings is 1. The van der Waals surface area contributed by atoms with Crippen LogP contribution >= 0.6 is 0 Å². The summed E-state index contributed by atoms with van der Waals surface area (Å²) >= 11 is 0. The van der Waals surface area contributed by atoms with Gasteiger partial charge in [-0.2, -0.15) is 0 Å². The largest absolute Gasteiger partial charge is 0.491 e. The van der Waals surface area contributed by atoms with Crippen LogP contribution < -0.4 is 14.8 Å². The maximum Gasteiger partial charge on any atom is 0.407 e. The predicted octanol–water partition coefficient (Wildman–Crippen LogP) is 3.60. The Balaban J connectivity index is 1.62. The highest BCUT2D eigenvalue weighted by atomic mass is 19.1. The van der Waals surface area contributed by atoms with Gasteiger partial charge in [0.1, 0.15) is 36.4 Å². The Morgan fingerprint density at radius 3 is 2.74 bits per heavy atom. The van der Waals surface area contributed by atoms with E-state index >= 15 is 0 Å². The van der Waals surface area contributed by atoms with Crippen molar-refractivity contribution in [2.45, 2.75) is 32.8 Å². The third kappa shape index (κ3) is 6.17. The average molecular weight is 434 g/mol. The zero-order chi connectivity index (χ0) is 22.2. The van der Waals surface area contributed by atoms with Gasteiger partial charge in [0.05, 0.1) is 17.9 Å². The van der Waals surface area contributed by atoms with Gasteiger partial charge in [0.2, 0.25) is 5.88 Å². The SMILES string of the molecule is CCOCCOc1ccc(Nc2ncnc(OC3CCN(C(=O)O)CC3)c2C)c(F)c1. The molecule has 2 N–H and O–H groups in total. The first-order valence-corrected chi connectivity index (χ1v) is 10.2. The van der Waals surface area contributed by atoms with Crippen LogP contribution in [0.5, 0.6) is 11.6 Å². The van der Waals surface area contributed by atoms with E-state index < -0.39 is 11.9 Å². The molecule has 0 spiro atoms. The number of anilines is 2. The molecule has 1 aliphatic rings. The van der Waals surface area contributed by atoms with E-state index in [1.54, 1.807) is 19.1 Å². The normalized spacial score (nSPS) is 14.4. The van der Waals surface area contributed by atoms with E-state index in [1.165, 1.54) is 17.3 Å². The van der Waals surface area contributed by atoms with E-state index in [2.05, 4.69) is 15.3 Å². The smallest absolute Gasteiger partial charge is 0.407 e. The highest BCUT2D eigenvalue weighted by molar-refractivity contribution is 5.65. The van der Waals surface area contributed by atoms with Crippen LogP contribution in [0.3, 0.4) is 0 Å². The molecule has 0 unspecified atom stereocenters. The van der Waals surface area contributed by atoms with Crippen LogP contribution in [0.2, 0.25) is 0 Å². The molecule has 0 radical (unpaired) electrons. The zero-order valence-corrected chi connectivity index (χ0v) is 17.6. The molecule has 3 rings (SSSR count). The lowest BCUT2D eigenvalue weighted by atomic mass is 10.1. The summed E-state index contributed by atoms with van der Waals surface area (Å²) in [5.74, 6) is 0.758. The summed E-state index contributed by atoms with van der Waals surface area (Å²) in [6.45, 7) is 5.90. The number of hydrogen-bond acceptors (Lipinski definition) is 7. The quantitative estimate of drug-likeness (QED) is 0.577. The summed E-state index contributed by atoms with van der Waals surface area (Å²) in [5, 5.41) is 12.0. The minimum absolute atomic E-state index is 0.137. The first kappa shape index (κ1) is 22.5. The Kier molecular flexibility index (Phi) is 7.82. The lowest BCUT2D eigenvalue weighted by Crippen LogP contribution is -2.41. The van der Waals surface area contributed by atoms with Crippen LogP contribution in [0, 0.1) is 12.7 Å². The van der Waals surface area contributed by atoms with Gasteiger partial charge in [-0.3, -0.25) is 0 Å². The fraction of sp³-hybridized carbons (Fsp3) is 0.476. The summed E-state index contributed by atoms with van der Waals surface area (Å²) in [5.41, 5.74) is 0.888. The molecular weight excluding hydrogens is 407 g/mol. The van der Waals surface area contributed by atoms with Crippen molar-refractivity contribution in [1.29, 1.82) is 0 Å². The molecule has 0 atom stereocenters. The van der Waals surface area contributed by atoms with Crippen LogP contribution in [0.25, 0.3) is 0 Å². The van der Waals surface area contributed by atoms with Crippen molar-refractivity contribution >= 4 is 17.6 Å². The maximum atomic E-state index is 14.5. The number of halogens is 1. The number of benzene rings is 1. The second-order valence-electron chi connectivity index (χ2n) is 7.05. The molecule has 1 aromatic carbocycles. The highest BCUT2D eigenvalue weighted by Gasteiger charge is 2.24. The molecule has 1 saturated heterocycles. The van der Waals surface area contributed by atoms with E-state index in [0.29, 0.717) is 68.8 Å². The van der Waals surface area contributed by atoms with Gasteiger partial charge in [0.25, 0.3) is 0 Å². The highest BCUT2D eigenvalue weighted by Crippen LogP contribution is 2.28. The summed E-state index contributed by atoms with van der Waals surface area (Å²) in [7, 11) is 0. The lowest BCUT2D eigenvalue weighted by Gasteiger charge is -2.30. The summed E-state index contributed by atoms with van der Waals surface area (Å²) < 4.78 is 31.1. The molecule has 1 amide bonds. The molecule has 10 heteroatoms. The number of aromatic nitrogens is 2.